The third-order valence-electron chi connectivity index (χ3n) is 5.68. The predicted octanol–water partition coefficient (Wildman–Crippen LogP) is 4.23. The number of ether oxygens (including phenoxy) is 1. The van der Waals surface area contributed by atoms with Crippen LogP contribution in [0, 0.1) is 6.92 Å². The Balaban J connectivity index is 1.60. The standard InChI is InChI=1S/C26H27N3O3/c1-18-5-8-20(9-6-18)21-13-22(15-23(14-21)26(31)29-11-3-4-12-29)25(30)28-17-19-7-10-24(32-2)27-16-19/h5-10,13-16H,3-4,11-12,17H2,1-2H3,(H,28,30). The highest BCUT2D eigenvalue weighted by atomic mass is 16.5. The second-order valence-electron chi connectivity index (χ2n) is 8.06. The van der Waals surface area contributed by atoms with Gasteiger partial charge in [0.25, 0.3) is 11.8 Å². The van der Waals surface area contributed by atoms with E-state index in [0.29, 0.717) is 23.6 Å². The van der Waals surface area contributed by atoms with Crippen LogP contribution in [0.5, 0.6) is 5.88 Å². The third kappa shape index (κ3) is 4.97. The lowest BCUT2D eigenvalue weighted by molar-refractivity contribution is 0.0793. The number of pyridine rings is 1. The topological polar surface area (TPSA) is 71.5 Å². The number of hydrogen-bond acceptors (Lipinski definition) is 4. The number of nitrogens with zero attached hydrogens (tertiary/aromatic N) is 2. The first-order valence-corrected chi connectivity index (χ1v) is 10.8. The maximum absolute atomic E-state index is 13.1. The summed E-state index contributed by atoms with van der Waals surface area (Å²) in [7, 11) is 1.56. The quantitative estimate of drug-likeness (QED) is 0.637. The zero-order valence-electron chi connectivity index (χ0n) is 18.4. The summed E-state index contributed by atoms with van der Waals surface area (Å²) < 4.78 is 5.07. The van der Waals surface area contributed by atoms with Gasteiger partial charge in [-0.3, -0.25) is 9.59 Å². The fraction of sp³-hybridized carbons (Fsp3) is 0.269. The van der Waals surface area contributed by atoms with Gasteiger partial charge in [-0.15, -0.1) is 0 Å². The highest BCUT2D eigenvalue weighted by molar-refractivity contribution is 6.01. The van der Waals surface area contributed by atoms with Crippen LogP contribution in [0.15, 0.2) is 60.8 Å². The van der Waals surface area contributed by atoms with E-state index in [1.807, 2.05) is 54.3 Å². The van der Waals surface area contributed by atoms with E-state index in [9.17, 15) is 9.59 Å². The molecular weight excluding hydrogens is 402 g/mol. The van der Waals surface area contributed by atoms with Crippen molar-refractivity contribution >= 4 is 11.8 Å². The van der Waals surface area contributed by atoms with Gasteiger partial charge >= 0.3 is 0 Å². The van der Waals surface area contributed by atoms with Gasteiger partial charge in [0.2, 0.25) is 5.88 Å². The van der Waals surface area contributed by atoms with Gasteiger partial charge in [0, 0.05) is 43.0 Å². The Morgan fingerprint density at radius 2 is 1.69 bits per heavy atom. The average molecular weight is 430 g/mol. The van der Waals surface area contributed by atoms with E-state index in [2.05, 4.69) is 10.3 Å². The van der Waals surface area contributed by atoms with Crippen molar-refractivity contribution in [2.75, 3.05) is 20.2 Å². The molecule has 1 aliphatic heterocycles. The minimum absolute atomic E-state index is 0.0233. The number of methoxy groups -OCH3 is 1. The molecule has 1 aliphatic rings. The van der Waals surface area contributed by atoms with E-state index in [0.717, 1.165) is 48.2 Å². The van der Waals surface area contributed by atoms with E-state index in [1.165, 1.54) is 0 Å². The normalized spacial score (nSPS) is 13.1. The number of amides is 2. The van der Waals surface area contributed by atoms with Crippen molar-refractivity contribution in [3.63, 3.8) is 0 Å². The maximum atomic E-state index is 13.1. The van der Waals surface area contributed by atoms with Crippen molar-refractivity contribution in [3.8, 4) is 17.0 Å². The van der Waals surface area contributed by atoms with Crippen LogP contribution in [0.25, 0.3) is 11.1 Å². The minimum atomic E-state index is -0.231. The zero-order chi connectivity index (χ0) is 22.5. The van der Waals surface area contributed by atoms with Gasteiger partial charge in [-0.05, 0) is 54.7 Å². The minimum Gasteiger partial charge on any atom is -0.481 e. The van der Waals surface area contributed by atoms with Gasteiger partial charge in [-0.25, -0.2) is 4.98 Å². The molecule has 1 aromatic heterocycles. The van der Waals surface area contributed by atoms with Crippen molar-refractivity contribution in [3.05, 3.63) is 83.0 Å². The van der Waals surface area contributed by atoms with Crippen LogP contribution in [-0.2, 0) is 6.54 Å². The number of carbonyl (C=O) groups is 2. The summed E-state index contributed by atoms with van der Waals surface area (Å²) in [4.78, 5) is 32.1. The maximum Gasteiger partial charge on any atom is 0.253 e. The van der Waals surface area contributed by atoms with E-state index in [1.54, 1.807) is 25.4 Å². The van der Waals surface area contributed by atoms with E-state index in [4.69, 9.17) is 4.74 Å². The molecule has 3 aromatic rings. The van der Waals surface area contributed by atoms with Crippen molar-refractivity contribution in [1.29, 1.82) is 0 Å². The summed E-state index contributed by atoms with van der Waals surface area (Å²) in [6.07, 6.45) is 3.71. The molecular formula is C26H27N3O3. The second kappa shape index (κ2) is 9.64. The van der Waals surface area contributed by atoms with Gasteiger partial charge in [0.05, 0.1) is 7.11 Å². The number of benzene rings is 2. The monoisotopic (exact) mass is 429 g/mol. The molecule has 1 saturated heterocycles. The third-order valence-corrected chi connectivity index (χ3v) is 5.68. The van der Waals surface area contributed by atoms with Gasteiger partial charge in [-0.1, -0.05) is 35.9 Å². The molecule has 6 heteroatoms. The Morgan fingerprint density at radius 3 is 2.34 bits per heavy atom. The summed E-state index contributed by atoms with van der Waals surface area (Å²) in [6.45, 7) is 3.89. The molecule has 2 amide bonds. The molecule has 0 saturated carbocycles. The summed E-state index contributed by atoms with van der Waals surface area (Å²) in [6, 6.07) is 17.1. The number of carbonyl (C=O) groups excluding carboxylic acids is 2. The number of aromatic nitrogens is 1. The summed E-state index contributed by atoms with van der Waals surface area (Å²) in [5, 5.41) is 2.93. The molecule has 2 heterocycles. The Labute approximate surface area is 188 Å². The number of nitrogens with one attached hydrogen (secondary N) is 1. The lowest BCUT2D eigenvalue weighted by Gasteiger charge is -2.17. The molecule has 0 unspecified atom stereocenters. The molecule has 0 spiro atoms. The molecule has 2 aromatic carbocycles. The molecule has 4 rings (SSSR count). The van der Waals surface area contributed by atoms with E-state index < -0.39 is 0 Å². The van der Waals surface area contributed by atoms with E-state index >= 15 is 0 Å². The first kappa shape index (κ1) is 21.6. The largest absolute Gasteiger partial charge is 0.481 e. The smallest absolute Gasteiger partial charge is 0.253 e. The zero-order valence-corrected chi connectivity index (χ0v) is 18.4. The van der Waals surface area contributed by atoms with Gasteiger partial charge in [-0.2, -0.15) is 0 Å². The van der Waals surface area contributed by atoms with Crippen LogP contribution < -0.4 is 10.1 Å². The number of aryl methyl sites for hydroxylation is 1. The summed E-state index contributed by atoms with van der Waals surface area (Å²) >= 11 is 0. The Hall–Kier alpha value is -3.67. The van der Waals surface area contributed by atoms with Gasteiger partial charge in [0.1, 0.15) is 0 Å². The summed E-state index contributed by atoms with van der Waals surface area (Å²) in [5.41, 5.74) is 4.85. The molecule has 6 nitrogen and oxygen atoms in total. The van der Waals surface area contributed by atoms with Crippen molar-refractivity contribution < 1.29 is 14.3 Å². The Kier molecular flexibility index (Phi) is 6.50. The number of likely N-dealkylation sites (tertiary alicyclic amines) is 1. The molecule has 0 atom stereocenters. The van der Waals surface area contributed by atoms with Crippen molar-refractivity contribution in [2.24, 2.45) is 0 Å². The average Bonchev–Trinajstić information content (AvgIpc) is 3.37. The molecule has 32 heavy (non-hydrogen) atoms. The fourth-order valence-corrected chi connectivity index (χ4v) is 3.82. The lowest BCUT2D eigenvalue weighted by atomic mass is 9.98. The van der Waals surface area contributed by atoms with Crippen molar-refractivity contribution in [1.82, 2.24) is 15.2 Å². The molecule has 0 bridgehead atoms. The van der Waals surface area contributed by atoms with Gasteiger partial charge < -0.3 is 15.0 Å². The second-order valence-corrected chi connectivity index (χ2v) is 8.06. The number of rotatable bonds is 6. The SMILES string of the molecule is COc1ccc(CNC(=O)c2cc(C(=O)N3CCCC3)cc(-c3ccc(C)cc3)c2)cn1. The van der Waals surface area contributed by atoms with Crippen LogP contribution in [-0.4, -0.2) is 41.9 Å². The molecule has 0 aliphatic carbocycles. The summed E-state index contributed by atoms with van der Waals surface area (Å²) in [5.74, 6) is 0.270. The molecule has 1 N–H and O–H groups in total. The first-order chi connectivity index (χ1) is 15.5. The highest BCUT2D eigenvalue weighted by Crippen LogP contribution is 2.25. The number of hydrogen-bond donors (Lipinski definition) is 1. The first-order valence-electron chi connectivity index (χ1n) is 10.8. The van der Waals surface area contributed by atoms with Crippen LogP contribution in [0.2, 0.25) is 0 Å². The molecule has 1 fully saturated rings. The van der Waals surface area contributed by atoms with Crippen LogP contribution >= 0.6 is 0 Å². The fourth-order valence-electron chi connectivity index (χ4n) is 3.82. The Bertz CT molecular complexity index is 1100. The molecule has 0 radical (unpaired) electrons. The van der Waals surface area contributed by atoms with Gasteiger partial charge in [0.15, 0.2) is 0 Å². The van der Waals surface area contributed by atoms with E-state index in [-0.39, 0.29) is 11.8 Å². The molecule has 164 valence electrons. The van der Waals surface area contributed by atoms with Crippen LogP contribution in [0.1, 0.15) is 44.7 Å². The lowest BCUT2D eigenvalue weighted by Crippen LogP contribution is -2.28. The van der Waals surface area contributed by atoms with Crippen LogP contribution in [0.4, 0.5) is 0 Å². The van der Waals surface area contributed by atoms with Crippen LogP contribution in [0.3, 0.4) is 0 Å². The van der Waals surface area contributed by atoms with Crippen molar-refractivity contribution in [2.45, 2.75) is 26.3 Å². The Morgan fingerprint density at radius 1 is 0.969 bits per heavy atom. The predicted molar refractivity (Wildman–Crippen MR) is 124 cm³/mol. The highest BCUT2D eigenvalue weighted by Gasteiger charge is 2.21.